The van der Waals surface area contributed by atoms with Crippen LogP contribution in [0, 0.1) is 13.8 Å². The number of hydrogen-bond acceptors (Lipinski definition) is 20. The van der Waals surface area contributed by atoms with Gasteiger partial charge in [-0.25, -0.2) is 0 Å². The van der Waals surface area contributed by atoms with Gasteiger partial charge in [-0.1, -0.05) is 34.7 Å². The van der Waals surface area contributed by atoms with Gasteiger partial charge in [0.15, 0.2) is 17.7 Å². The summed E-state index contributed by atoms with van der Waals surface area (Å²) in [7, 11) is 3.10. The fourth-order valence-corrected chi connectivity index (χ4v) is 15.8. The molecule has 11 aliphatic rings. The lowest BCUT2D eigenvalue weighted by atomic mass is 9.78. The molecule has 9 heterocycles. The molecule has 3 N–H and O–H groups in total. The summed E-state index contributed by atoms with van der Waals surface area (Å²) in [5.74, 6) is -6.84. The number of epoxide rings is 2. The maximum Gasteiger partial charge on any atom is 0.277 e. The number of aryl methyl sites for hydroxylation is 2. The molecule has 0 amide bonds. The van der Waals surface area contributed by atoms with Crippen molar-refractivity contribution in [3.05, 3.63) is 68.8 Å². The third kappa shape index (κ3) is 6.13. The Hall–Kier alpha value is -4.47. The monoisotopic (exact) mass is 1180 g/mol. The van der Waals surface area contributed by atoms with Gasteiger partial charge in [-0.15, -0.1) is 0 Å². The lowest BCUT2D eigenvalue weighted by Gasteiger charge is -2.50. The van der Waals surface area contributed by atoms with Crippen LogP contribution < -0.4 is 18.9 Å². The van der Waals surface area contributed by atoms with Crippen LogP contribution in [0.15, 0.2) is 24.3 Å². The van der Waals surface area contributed by atoms with Gasteiger partial charge in [-0.2, -0.15) is 0 Å². The molecule has 4 aromatic carbocycles. The Morgan fingerprint density at radius 3 is 1.66 bits per heavy atom. The van der Waals surface area contributed by atoms with Gasteiger partial charge >= 0.3 is 0 Å². The smallest absolute Gasteiger partial charge is 0.277 e. The standard InChI is InChI=1S/C56H57IO20/c1-25-21-29-37(40(60)35-27(42(29)63-3)11-7-13-31(35)58)44-33(25)39(57)47-54(73-44,51(23-71-51)53(62,76-47)49-65-15-9-16-66-49)69-19-5-6-20-70-55-48-46(75-56(77-48,52(55)24-72-52)50-67-17-10-18-68-50)34-26(2)22-30-38(45(34)74-55)41(61)36-28(43(30)64-4)12-8-14-32(36)59/h5-6,21-22,39,46-50,60-62H,7-20,23-24H2,1-4H3/b6-5-/t39?,46?,47?,48?,51-,52+,53?,54-,55-,56?/m1/s1. The minimum Gasteiger partial charge on any atom is -0.506 e. The third-order valence-corrected chi connectivity index (χ3v) is 19.2. The van der Waals surface area contributed by atoms with E-state index < -0.39 is 69.2 Å². The molecule has 0 aromatic heterocycles. The lowest BCUT2D eigenvalue weighted by molar-refractivity contribution is -0.366. The van der Waals surface area contributed by atoms with E-state index in [4.69, 9.17) is 71.1 Å². The highest BCUT2D eigenvalue weighted by atomic mass is 127. The van der Waals surface area contributed by atoms with Crippen LogP contribution in [0.5, 0.6) is 34.5 Å². The van der Waals surface area contributed by atoms with Crippen molar-refractivity contribution in [2.75, 3.05) is 67.1 Å². The zero-order chi connectivity index (χ0) is 52.8. The summed E-state index contributed by atoms with van der Waals surface area (Å²) >= 11 is 2.25. The predicted molar refractivity (Wildman–Crippen MR) is 272 cm³/mol. The zero-order valence-corrected chi connectivity index (χ0v) is 44.9. The number of rotatable bonds is 10. The molecule has 408 valence electrons. The molecular formula is C56H57IO20. The van der Waals surface area contributed by atoms with Crippen molar-refractivity contribution in [1.29, 1.82) is 0 Å². The summed E-state index contributed by atoms with van der Waals surface area (Å²) in [5, 5.41) is 39.0. The largest absolute Gasteiger partial charge is 0.506 e. The Morgan fingerprint density at radius 1 is 0.649 bits per heavy atom. The molecular weight excluding hydrogens is 1120 g/mol. The Labute approximate surface area is 454 Å². The van der Waals surface area contributed by atoms with E-state index in [2.05, 4.69) is 22.6 Å². The van der Waals surface area contributed by atoms with Gasteiger partial charge in [0, 0.05) is 45.9 Å². The van der Waals surface area contributed by atoms with Gasteiger partial charge in [0.2, 0.25) is 23.8 Å². The topological polar surface area (TPSA) is 240 Å². The number of benzene rings is 4. The van der Waals surface area contributed by atoms with Crippen LogP contribution in [0.25, 0.3) is 21.5 Å². The average molecular weight is 1180 g/mol. The molecule has 0 saturated carbocycles. The van der Waals surface area contributed by atoms with Gasteiger partial charge in [0.1, 0.15) is 46.7 Å². The lowest BCUT2D eigenvalue weighted by Crippen LogP contribution is -2.70. The molecule has 20 nitrogen and oxygen atoms in total. The van der Waals surface area contributed by atoms with Crippen molar-refractivity contribution in [3.8, 4) is 34.5 Å². The van der Waals surface area contributed by atoms with Crippen molar-refractivity contribution in [2.24, 2.45) is 0 Å². The summed E-state index contributed by atoms with van der Waals surface area (Å²) < 4.78 is 97.9. The second kappa shape index (κ2) is 17.0. The highest BCUT2D eigenvalue weighted by Gasteiger charge is 2.94. The molecule has 2 spiro atoms. The molecule has 21 heteroatoms. The molecule has 2 aliphatic carbocycles. The van der Waals surface area contributed by atoms with E-state index in [9.17, 15) is 24.9 Å². The Kier molecular flexibility index (Phi) is 11.0. The first-order valence-corrected chi connectivity index (χ1v) is 27.8. The van der Waals surface area contributed by atoms with Crippen LogP contribution in [-0.4, -0.2) is 153 Å². The molecule has 0 radical (unpaired) electrons. The average Bonchev–Trinajstić information content (AvgIpc) is 4.53. The van der Waals surface area contributed by atoms with E-state index in [0.29, 0.717) is 109 Å². The fourth-order valence-electron chi connectivity index (χ4n) is 14.4. The second-order valence-electron chi connectivity index (χ2n) is 21.8. The molecule has 2 bridgehead atoms. The summed E-state index contributed by atoms with van der Waals surface area (Å²) in [6.45, 7) is 5.00. The Bertz CT molecular complexity index is 3280. The molecule has 15 rings (SSSR count). The minimum atomic E-state index is -2.23. The van der Waals surface area contributed by atoms with Crippen molar-refractivity contribution >= 4 is 55.7 Å². The number of halogens is 1. The van der Waals surface area contributed by atoms with E-state index in [1.807, 2.05) is 26.0 Å². The van der Waals surface area contributed by atoms with Crippen LogP contribution >= 0.6 is 22.6 Å². The van der Waals surface area contributed by atoms with Crippen molar-refractivity contribution in [3.63, 3.8) is 0 Å². The number of fused-ring (bicyclic) bond motifs is 14. The second-order valence-corrected chi connectivity index (χ2v) is 23.2. The third-order valence-electron chi connectivity index (χ3n) is 17.9. The van der Waals surface area contributed by atoms with Gasteiger partial charge < -0.3 is 86.4 Å². The van der Waals surface area contributed by atoms with Crippen molar-refractivity contribution < 1.29 is 96.0 Å². The summed E-state index contributed by atoms with van der Waals surface area (Å²) in [6, 6.07) is 3.84. The molecule has 6 unspecified atom stereocenters. The maximum atomic E-state index is 13.6. The normalized spacial score (nSPS) is 36.5. The number of aliphatic hydroxyl groups is 1. The number of aromatic hydroxyl groups is 2. The number of phenolic OH excluding ortho intramolecular Hbond substituents is 2. The summed E-state index contributed by atoms with van der Waals surface area (Å²) in [4.78, 5) is 27.2. The van der Waals surface area contributed by atoms with Crippen molar-refractivity contribution in [1.82, 2.24) is 0 Å². The van der Waals surface area contributed by atoms with Gasteiger partial charge in [-0.3, -0.25) is 9.59 Å². The van der Waals surface area contributed by atoms with Gasteiger partial charge in [0.25, 0.3) is 23.1 Å². The number of carbonyl (C=O) groups is 2. The van der Waals surface area contributed by atoms with E-state index in [-0.39, 0.29) is 95.7 Å². The number of hydrogen-bond donors (Lipinski definition) is 3. The van der Waals surface area contributed by atoms with Crippen LogP contribution in [0.4, 0.5) is 0 Å². The molecule has 10 atom stereocenters. The fraction of sp³-hybridized carbons (Fsp3) is 0.571. The minimum absolute atomic E-state index is 0.0710. The SMILES string of the molecule is COc1c2c(c(O)c3c4c(c(C)cc13)C(I)C1OC(O)(C3OCCCO3)[C@]3(CO3)[C@]1(OC/C=C\CO[C@@]13Oc5c(c(C)cc6c(OC)c7c(c(O)c56)C(=O)CCC7)C5OC(C6OCCCO6)(OC51)[C@]31CO1)O4)C(=O)CCC2. The number of Topliss-reactive ketones (excluding diaryl/α,β-unsaturated/α-hetero) is 2. The van der Waals surface area contributed by atoms with Crippen LogP contribution in [0.2, 0.25) is 0 Å². The Balaban J connectivity index is 0.807. The van der Waals surface area contributed by atoms with Crippen LogP contribution in [0.3, 0.4) is 0 Å². The number of ether oxygens (including phenoxy) is 15. The van der Waals surface area contributed by atoms with Gasteiger partial charge in [0.05, 0.1) is 92.9 Å². The molecule has 4 aromatic rings. The summed E-state index contributed by atoms with van der Waals surface area (Å²) in [6.07, 6.45) is 2.59. The highest BCUT2D eigenvalue weighted by molar-refractivity contribution is 14.1. The Morgan fingerprint density at radius 2 is 1.14 bits per heavy atom. The summed E-state index contributed by atoms with van der Waals surface area (Å²) in [5.41, 5.74) is 1.42. The maximum absolute atomic E-state index is 13.6. The highest BCUT2D eigenvalue weighted by Crippen LogP contribution is 2.73. The number of phenols is 2. The van der Waals surface area contributed by atoms with Crippen LogP contribution in [0.1, 0.15) is 103 Å². The quantitative estimate of drug-likeness (QED) is 0.0680. The number of carbonyl (C=O) groups excluding carboxylic acids is 2. The predicted octanol–water partition coefficient (Wildman–Crippen LogP) is 6.34. The first kappa shape index (κ1) is 49.6. The number of alkyl halides is 1. The van der Waals surface area contributed by atoms with E-state index in [1.165, 1.54) is 0 Å². The molecule has 77 heavy (non-hydrogen) atoms. The van der Waals surface area contributed by atoms with E-state index >= 15 is 0 Å². The van der Waals surface area contributed by atoms with Gasteiger partial charge in [-0.05, 0) is 75.6 Å². The molecule has 9 aliphatic heterocycles. The first-order chi connectivity index (χ1) is 37.3. The van der Waals surface area contributed by atoms with E-state index in [1.54, 1.807) is 26.4 Å². The first-order valence-electron chi connectivity index (χ1n) is 26.6. The van der Waals surface area contributed by atoms with Crippen LogP contribution in [-0.2, 0) is 64.9 Å². The number of ketones is 2. The zero-order valence-electron chi connectivity index (χ0n) is 42.7. The molecule has 7 fully saturated rings. The van der Waals surface area contributed by atoms with Crippen molar-refractivity contribution in [2.45, 2.75) is 134 Å². The number of methoxy groups -OCH3 is 2. The van der Waals surface area contributed by atoms with E-state index in [0.717, 1.165) is 11.1 Å². The molecule has 7 saturated heterocycles.